The Balaban J connectivity index is 1.68. The molecular weight excluding hydrogens is 242 g/mol. The standard InChI is InChI=1S/C14H19N3O2/c1-15-11(10-5-2-3-6-10)9-13-16-14(17-19-13)12-7-4-8-18-12/h4,7-8,10-11,15H,2-3,5-6,9H2,1H3. The van der Waals surface area contributed by atoms with Gasteiger partial charge >= 0.3 is 0 Å². The summed E-state index contributed by atoms with van der Waals surface area (Å²) < 4.78 is 10.6. The van der Waals surface area contributed by atoms with Gasteiger partial charge in [-0.1, -0.05) is 18.0 Å². The Morgan fingerprint density at radius 3 is 2.95 bits per heavy atom. The summed E-state index contributed by atoms with van der Waals surface area (Å²) in [5, 5.41) is 7.35. The van der Waals surface area contributed by atoms with Crippen LogP contribution in [0.5, 0.6) is 0 Å². The molecule has 2 aromatic rings. The molecule has 1 atom stereocenters. The van der Waals surface area contributed by atoms with Gasteiger partial charge in [-0.15, -0.1) is 0 Å². The van der Waals surface area contributed by atoms with Gasteiger partial charge in [0.25, 0.3) is 0 Å². The number of furan rings is 1. The van der Waals surface area contributed by atoms with Crippen molar-refractivity contribution in [2.75, 3.05) is 7.05 Å². The number of rotatable bonds is 5. The molecule has 2 aromatic heterocycles. The van der Waals surface area contributed by atoms with Gasteiger partial charge in [-0.05, 0) is 37.9 Å². The van der Waals surface area contributed by atoms with E-state index >= 15 is 0 Å². The van der Waals surface area contributed by atoms with Crippen molar-refractivity contribution in [3.63, 3.8) is 0 Å². The first-order valence-corrected chi connectivity index (χ1v) is 6.90. The van der Waals surface area contributed by atoms with E-state index in [4.69, 9.17) is 8.94 Å². The third-order valence-electron chi connectivity index (χ3n) is 3.94. The van der Waals surface area contributed by atoms with Gasteiger partial charge in [0.15, 0.2) is 5.76 Å². The summed E-state index contributed by atoms with van der Waals surface area (Å²) in [5.41, 5.74) is 0. The Bertz CT molecular complexity index is 501. The highest BCUT2D eigenvalue weighted by atomic mass is 16.5. The number of aromatic nitrogens is 2. The number of nitrogens with zero attached hydrogens (tertiary/aromatic N) is 2. The van der Waals surface area contributed by atoms with Crippen molar-refractivity contribution in [2.24, 2.45) is 5.92 Å². The molecule has 0 aromatic carbocycles. The van der Waals surface area contributed by atoms with Crippen LogP contribution in [0.25, 0.3) is 11.6 Å². The van der Waals surface area contributed by atoms with Gasteiger partial charge in [-0.25, -0.2) is 0 Å². The van der Waals surface area contributed by atoms with Gasteiger partial charge < -0.3 is 14.3 Å². The molecule has 102 valence electrons. The monoisotopic (exact) mass is 261 g/mol. The fourth-order valence-electron chi connectivity index (χ4n) is 2.90. The van der Waals surface area contributed by atoms with Gasteiger partial charge in [0.1, 0.15) is 0 Å². The predicted molar refractivity (Wildman–Crippen MR) is 70.5 cm³/mol. The van der Waals surface area contributed by atoms with Crippen LogP contribution in [-0.4, -0.2) is 23.2 Å². The van der Waals surface area contributed by atoms with Crippen LogP contribution in [0.15, 0.2) is 27.3 Å². The average Bonchev–Trinajstić information content (AvgIpc) is 3.15. The van der Waals surface area contributed by atoms with E-state index in [-0.39, 0.29) is 0 Å². The predicted octanol–water partition coefficient (Wildman–Crippen LogP) is 2.65. The molecule has 1 unspecified atom stereocenters. The molecule has 5 heteroatoms. The maximum absolute atomic E-state index is 5.32. The molecule has 0 radical (unpaired) electrons. The highest BCUT2D eigenvalue weighted by molar-refractivity contribution is 5.44. The molecule has 0 bridgehead atoms. The van der Waals surface area contributed by atoms with Crippen molar-refractivity contribution in [3.05, 3.63) is 24.3 Å². The average molecular weight is 261 g/mol. The molecule has 1 fully saturated rings. The Morgan fingerprint density at radius 2 is 2.26 bits per heavy atom. The summed E-state index contributed by atoms with van der Waals surface area (Å²) in [4.78, 5) is 4.40. The van der Waals surface area contributed by atoms with E-state index in [1.165, 1.54) is 25.7 Å². The van der Waals surface area contributed by atoms with Crippen LogP contribution in [0.1, 0.15) is 31.6 Å². The van der Waals surface area contributed by atoms with E-state index in [0.29, 0.717) is 23.5 Å². The van der Waals surface area contributed by atoms with Gasteiger partial charge in [-0.2, -0.15) is 4.98 Å². The highest BCUT2D eigenvalue weighted by Gasteiger charge is 2.26. The SMILES string of the molecule is CNC(Cc1nc(-c2ccco2)no1)C1CCCC1. The normalized spacial score (nSPS) is 17.9. The Hall–Kier alpha value is -1.62. The number of hydrogen-bond donors (Lipinski definition) is 1. The maximum atomic E-state index is 5.32. The van der Waals surface area contributed by atoms with Gasteiger partial charge in [0.05, 0.1) is 6.26 Å². The quantitative estimate of drug-likeness (QED) is 0.896. The van der Waals surface area contributed by atoms with Crippen molar-refractivity contribution < 1.29 is 8.94 Å². The van der Waals surface area contributed by atoms with E-state index in [9.17, 15) is 0 Å². The third-order valence-corrected chi connectivity index (χ3v) is 3.94. The van der Waals surface area contributed by atoms with Crippen LogP contribution < -0.4 is 5.32 Å². The van der Waals surface area contributed by atoms with Crippen LogP contribution in [-0.2, 0) is 6.42 Å². The zero-order valence-corrected chi connectivity index (χ0v) is 11.1. The van der Waals surface area contributed by atoms with Gasteiger partial charge in [0, 0.05) is 12.5 Å². The fraction of sp³-hybridized carbons (Fsp3) is 0.571. The first kappa shape index (κ1) is 12.4. The van der Waals surface area contributed by atoms with E-state index in [1.54, 1.807) is 6.26 Å². The summed E-state index contributed by atoms with van der Waals surface area (Å²) in [6.07, 6.45) is 7.67. The van der Waals surface area contributed by atoms with Gasteiger partial charge in [0.2, 0.25) is 11.7 Å². The molecular formula is C14H19N3O2. The Labute approximate surface area is 112 Å². The molecule has 0 saturated heterocycles. The minimum absolute atomic E-state index is 0.424. The smallest absolute Gasteiger partial charge is 0.238 e. The number of hydrogen-bond acceptors (Lipinski definition) is 5. The van der Waals surface area contributed by atoms with Crippen LogP contribution in [0.3, 0.4) is 0 Å². The zero-order valence-electron chi connectivity index (χ0n) is 11.1. The second-order valence-electron chi connectivity index (χ2n) is 5.13. The molecule has 0 amide bonds. The van der Waals surface area contributed by atoms with E-state index in [2.05, 4.69) is 15.5 Å². The molecule has 1 N–H and O–H groups in total. The van der Waals surface area contributed by atoms with Crippen LogP contribution in [0.4, 0.5) is 0 Å². The molecule has 19 heavy (non-hydrogen) atoms. The molecule has 1 aliphatic rings. The van der Waals surface area contributed by atoms with Crippen LogP contribution in [0.2, 0.25) is 0 Å². The molecule has 0 spiro atoms. The van der Waals surface area contributed by atoms with Gasteiger partial charge in [-0.3, -0.25) is 0 Å². The highest BCUT2D eigenvalue weighted by Crippen LogP contribution is 2.29. The van der Waals surface area contributed by atoms with Crippen molar-refractivity contribution in [1.29, 1.82) is 0 Å². The van der Waals surface area contributed by atoms with Crippen LogP contribution in [0, 0.1) is 5.92 Å². The summed E-state index contributed by atoms with van der Waals surface area (Å²) >= 11 is 0. The zero-order chi connectivity index (χ0) is 13.1. The summed E-state index contributed by atoms with van der Waals surface area (Å²) in [6.45, 7) is 0. The van der Waals surface area contributed by atoms with Crippen molar-refractivity contribution >= 4 is 0 Å². The fourth-order valence-corrected chi connectivity index (χ4v) is 2.90. The van der Waals surface area contributed by atoms with Crippen molar-refractivity contribution in [3.8, 4) is 11.6 Å². The minimum Gasteiger partial charge on any atom is -0.461 e. The first-order valence-electron chi connectivity index (χ1n) is 6.90. The molecule has 3 rings (SSSR count). The lowest BCUT2D eigenvalue weighted by Crippen LogP contribution is -2.34. The van der Waals surface area contributed by atoms with E-state index < -0.39 is 0 Å². The molecule has 1 saturated carbocycles. The third kappa shape index (κ3) is 2.71. The van der Waals surface area contributed by atoms with Crippen LogP contribution >= 0.6 is 0 Å². The molecule has 0 aliphatic heterocycles. The second kappa shape index (κ2) is 5.57. The molecule has 2 heterocycles. The summed E-state index contributed by atoms with van der Waals surface area (Å²) in [5.74, 6) is 2.58. The Kier molecular flexibility index (Phi) is 3.64. The molecule has 1 aliphatic carbocycles. The molecule has 5 nitrogen and oxygen atoms in total. The summed E-state index contributed by atoms with van der Waals surface area (Å²) in [7, 11) is 2.01. The topological polar surface area (TPSA) is 64.1 Å². The van der Waals surface area contributed by atoms with Crippen molar-refractivity contribution in [1.82, 2.24) is 15.5 Å². The minimum atomic E-state index is 0.424. The van der Waals surface area contributed by atoms with Crippen molar-refractivity contribution in [2.45, 2.75) is 38.1 Å². The first-order chi connectivity index (χ1) is 9.36. The van der Waals surface area contributed by atoms with E-state index in [0.717, 1.165) is 12.3 Å². The lowest BCUT2D eigenvalue weighted by molar-refractivity contribution is 0.318. The lowest BCUT2D eigenvalue weighted by Gasteiger charge is -2.20. The maximum Gasteiger partial charge on any atom is 0.238 e. The number of likely N-dealkylation sites (N-methyl/N-ethyl adjacent to an activating group) is 1. The lowest BCUT2D eigenvalue weighted by atomic mass is 9.95. The summed E-state index contributed by atoms with van der Waals surface area (Å²) in [6, 6.07) is 4.08. The largest absolute Gasteiger partial charge is 0.461 e. The number of nitrogens with one attached hydrogen (secondary N) is 1. The van der Waals surface area contributed by atoms with E-state index in [1.807, 2.05) is 19.2 Å². The Morgan fingerprint density at radius 1 is 1.42 bits per heavy atom. The second-order valence-corrected chi connectivity index (χ2v) is 5.13.